The van der Waals surface area contributed by atoms with E-state index in [1.54, 1.807) is 20.8 Å². The Labute approximate surface area is 107 Å². The summed E-state index contributed by atoms with van der Waals surface area (Å²) in [6.07, 6.45) is 1.12. The fraction of sp³-hybridized carbons (Fsp3) is 0.833. The standard InChI is InChI=1S/C12H22N2O4/c1-12(2,3)18-11(16)14-8-6-5-7-13-9(8)10(15)17-4/h8-9,13H,5-7H2,1-4H3,(H,14,16)/t8-,9+/m0/s1. The van der Waals surface area contributed by atoms with Gasteiger partial charge in [0.05, 0.1) is 13.2 Å². The minimum atomic E-state index is -0.549. The lowest BCUT2D eigenvalue weighted by Gasteiger charge is -2.31. The third-order valence-electron chi connectivity index (χ3n) is 2.62. The van der Waals surface area contributed by atoms with Gasteiger partial charge in [-0.3, -0.25) is 4.79 Å². The third-order valence-corrected chi connectivity index (χ3v) is 2.62. The van der Waals surface area contributed by atoms with Crippen molar-refractivity contribution in [1.29, 1.82) is 0 Å². The number of hydrogen-bond donors (Lipinski definition) is 2. The monoisotopic (exact) mass is 258 g/mol. The lowest BCUT2D eigenvalue weighted by Crippen LogP contribution is -2.57. The Morgan fingerprint density at radius 1 is 1.33 bits per heavy atom. The van der Waals surface area contributed by atoms with E-state index < -0.39 is 17.7 Å². The van der Waals surface area contributed by atoms with Crippen molar-refractivity contribution in [3.05, 3.63) is 0 Å². The number of alkyl carbamates (subject to hydrolysis) is 1. The van der Waals surface area contributed by atoms with E-state index in [-0.39, 0.29) is 12.0 Å². The van der Waals surface area contributed by atoms with Gasteiger partial charge in [-0.2, -0.15) is 0 Å². The number of esters is 1. The molecule has 0 spiro atoms. The number of carbonyl (C=O) groups is 2. The summed E-state index contributed by atoms with van der Waals surface area (Å²) in [4.78, 5) is 23.2. The average Bonchev–Trinajstić information content (AvgIpc) is 2.26. The van der Waals surface area contributed by atoms with Crippen LogP contribution < -0.4 is 10.6 Å². The lowest BCUT2D eigenvalue weighted by molar-refractivity contribution is -0.144. The van der Waals surface area contributed by atoms with Crippen LogP contribution in [0.1, 0.15) is 33.6 Å². The first-order chi connectivity index (χ1) is 8.33. The summed E-state index contributed by atoms with van der Waals surface area (Å²) < 4.78 is 9.88. The second-order valence-electron chi connectivity index (χ2n) is 5.35. The number of nitrogens with one attached hydrogen (secondary N) is 2. The Hall–Kier alpha value is -1.30. The molecule has 1 rings (SSSR count). The highest BCUT2D eigenvalue weighted by Gasteiger charge is 2.33. The molecule has 0 radical (unpaired) electrons. The number of ether oxygens (including phenoxy) is 2. The fourth-order valence-electron chi connectivity index (χ4n) is 1.88. The second-order valence-corrected chi connectivity index (χ2v) is 5.35. The summed E-state index contributed by atoms with van der Waals surface area (Å²) in [5.74, 6) is -0.365. The number of amides is 1. The maximum Gasteiger partial charge on any atom is 0.407 e. The normalized spacial score (nSPS) is 24.2. The molecule has 104 valence electrons. The van der Waals surface area contributed by atoms with Crippen molar-refractivity contribution in [3.8, 4) is 0 Å². The topological polar surface area (TPSA) is 76.7 Å². The molecule has 1 aliphatic rings. The van der Waals surface area contributed by atoms with Gasteiger partial charge < -0.3 is 20.1 Å². The number of hydrogen-bond acceptors (Lipinski definition) is 5. The van der Waals surface area contributed by atoms with Crippen LogP contribution in [0.4, 0.5) is 4.79 Å². The van der Waals surface area contributed by atoms with Crippen LogP contribution in [-0.4, -0.2) is 43.4 Å². The molecule has 6 nitrogen and oxygen atoms in total. The van der Waals surface area contributed by atoms with E-state index in [0.29, 0.717) is 0 Å². The Bertz CT molecular complexity index is 312. The molecule has 1 fully saturated rings. The zero-order valence-electron chi connectivity index (χ0n) is 11.4. The van der Waals surface area contributed by atoms with E-state index in [0.717, 1.165) is 19.4 Å². The predicted molar refractivity (Wildman–Crippen MR) is 66.2 cm³/mol. The van der Waals surface area contributed by atoms with Gasteiger partial charge in [0.25, 0.3) is 0 Å². The van der Waals surface area contributed by atoms with Crippen molar-refractivity contribution in [3.63, 3.8) is 0 Å². The van der Waals surface area contributed by atoms with Crippen LogP contribution in [0.25, 0.3) is 0 Å². The first-order valence-corrected chi connectivity index (χ1v) is 6.14. The highest BCUT2D eigenvalue weighted by molar-refractivity contribution is 5.78. The number of rotatable bonds is 2. The van der Waals surface area contributed by atoms with Crippen LogP contribution in [0.15, 0.2) is 0 Å². The fourth-order valence-corrected chi connectivity index (χ4v) is 1.88. The van der Waals surface area contributed by atoms with Crippen molar-refractivity contribution in [2.24, 2.45) is 0 Å². The SMILES string of the molecule is COC(=O)[C@@H]1NCCC[C@@H]1NC(=O)OC(C)(C)C. The maximum atomic E-state index is 11.7. The summed E-state index contributed by atoms with van der Waals surface area (Å²) in [6.45, 7) is 6.13. The number of methoxy groups -OCH3 is 1. The maximum absolute atomic E-state index is 11.7. The zero-order valence-corrected chi connectivity index (χ0v) is 11.4. The molecular formula is C12H22N2O4. The first-order valence-electron chi connectivity index (χ1n) is 6.14. The van der Waals surface area contributed by atoms with Gasteiger partial charge in [-0.1, -0.05) is 0 Å². The van der Waals surface area contributed by atoms with Crippen molar-refractivity contribution >= 4 is 12.1 Å². The summed E-state index contributed by atoms with van der Waals surface area (Å²) in [5, 5.41) is 5.76. The molecule has 18 heavy (non-hydrogen) atoms. The van der Waals surface area contributed by atoms with Crippen molar-refractivity contribution in [1.82, 2.24) is 10.6 Å². The number of piperidine rings is 1. The Morgan fingerprint density at radius 2 is 2.00 bits per heavy atom. The minimum absolute atomic E-state index is 0.291. The van der Waals surface area contributed by atoms with E-state index in [1.807, 2.05) is 0 Å². The highest BCUT2D eigenvalue weighted by Crippen LogP contribution is 2.12. The van der Waals surface area contributed by atoms with Crippen LogP contribution in [-0.2, 0) is 14.3 Å². The van der Waals surface area contributed by atoms with Gasteiger partial charge in [-0.15, -0.1) is 0 Å². The molecule has 0 aromatic carbocycles. The Balaban J connectivity index is 2.57. The van der Waals surface area contributed by atoms with Crippen LogP contribution in [0, 0.1) is 0 Å². The van der Waals surface area contributed by atoms with E-state index in [4.69, 9.17) is 9.47 Å². The van der Waals surface area contributed by atoms with Crippen LogP contribution in [0.5, 0.6) is 0 Å². The summed E-state index contributed by atoms with van der Waals surface area (Å²) in [7, 11) is 1.34. The second kappa shape index (κ2) is 6.04. The predicted octanol–water partition coefficient (Wildman–Crippen LogP) is 0.805. The quantitative estimate of drug-likeness (QED) is 0.717. The molecule has 0 aliphatic carbocycles. The minimum Gasteiger partial charge on any atom is -0.468 e. The Kier molecular flexibility index (Phi) is 4.95. The van der Waals surface area contributed by atoms with Gasteiger partial charge in [0, 0.05) is 0 Å². The molecular weight excluding hydrogens is 236 g/mol. The van der Waals surface area contributed by atoms with E-state index >= 15 is 0 Å². The molecule has 1 saturated heterocycles. The van der Waals surface area contributed by atoms with E-state index in [9.17, 15) is 9.59 Å². The van der Waals surface area contributed by atoms with Crippen LogP contribution in [0.2, 0.25) is 0 Å². The molecule has 2 N–H and O–H groups in total. The van der Waals surface area contributed by atoms with Crippen molar-refractivity contribution in [2.45, 2.75) is 51.3 Å². The van der Waals surface area contributed by atoms with Crippen LogP contribution in [0.3, 0.4) is 0 Å². The Morgan fingerprint density at radius 3 is 2.56 bits per heavy atom. The molecule has 1 heterocycles. The smallest absolute Gasteiger partial charge is 0.407 e. The lowest BCUT2D eigenvalue weighted by atomic mass is 9.99. The molecule has 1 aliphatic heterocycles. The third kappa shape index (κ3) is 4.52. The molecule has 0 aromatic rings. The summed E-state index contributed by atoms with van der Waals surface area (Å²) in [6, 6.07) is -0.794. The van der Waals surface area contributed by atoms with Crippen molar-refractivity contribution in [2.75, 3.05) is 13.7 Å². The van der Waals surface area contributed by atoms with Gasteiger partial charge in [-0.25, -0.2) is 4.79 Å². The molecule has 6 heteroatoms. The van der Waals surface area contributed by atoms with Gasteiger partial charge in [0.2, 0.25) is 0 Å². The van der Waals surface area contributed by atoms with Crippen molar-refractivity contribution < 1.29 is 19.1 Å². The van der Waals surface area contributed by atoms with Crippen LogP contribution >= 0.6 is 0 Å². The summed E-state index contributed by atoms with van der Waals surface area (Å²) >= 11 is 0. The van der Waals surface area contributed by atoms with Gasteiger partial charge >= 0.3 is 12.1 Å². The van der Waals surface area contributed by atoms with Gasteiger partial charge in [0.15, 0.2) is 0 Å². The van der Waals surface area contributed by atoms with Gasteiger partial charge in [0.1, 0.15) is 11.6 Å². The molecule has 2 atom stereocenters. The van der Waals surface area contributed by atoms with E-state index in [2.05, 4.69) is 10.6 Å². The van der Waals surface area contributed by atoms with E-state index in [1.165, 1.54) is 7.11 Å². The average molecular weight is 258 g/mol. The van der Waals surface area contributed by atoms with Gasteiger partial charge in [-0.05, 0) is 40.2 Å². The molecule has 0 aromatic heterocycles. The largest absolute Gasteiger partial charge is 0.468 e. The number of carbonyl (C=O) groups excluding carboxylic acids is 2. The molecule has 1 amide bonds. The zero-order chi connectivity index (χ0) is 13.8. The molecule has 0 saturated carbocycles. The molecule has 0 bridgehead atoms. The summed E-state index contributed by atoms with van der Waals surface area (Å²) in [5.41, 5.74) is -0.549. The first kappa shape index (κ1) is 14.8. The molecule has 0 unspecified atom stereocenters. The highest BCUT2D eigenvalue weighted by atomic mass is 16.6.